The molecule has 0 spiro atoms. The zero-order valence-electron chi connectivity index (χ0n) is 5.85. The van der Waals surface area contributed by atoms with E-state index < -0.39 is 0 Å². The van der Waals surface area contributed by atoms with Gasteiger partial charge in [-0.15, -0.1) is 0 Å². The van der Waals surface area contributed by atoms with E-state index in [0.29, 0.717) is 6.61 Å². The van der Waals surface area contributed by atoms with Gasteiger partial charge >= 0.3 is 18.9 Å². The summed E-state index contributed by atoms with van der Waals surface area (Å²) in [6, 6.07) is 0. The molecule has 0 aliphatic rings. The summed E-state index contributed by atoms with van der Waals surface area (Å²) in [4.78, 5) is 0. The third-order valence-corrected chi connectivity index (χ3v) is 0.595. The van der Waals surface area contributed by atoms with E-state index in [1.165, 1.54) is 0 Å². The molecule has 0 saturated carbocycles. The Kier molecular flexibility index (Phi) is 14.4. The summed E-state index contributed by atoms with van der Waals surface area (Å²) < 4.78 is 4.86. The average molecular weight is 106 g/mol. The summed E-state index contributed by atoms with van der Waals surface area (Å²) in [5.74, 6) is 0. The first-order valence-electron chi connectivity index (χ1n) is 2.42. The van der Waals surface area contributed by atoms with Gasteiger partial charge in [-0.05, 0) is 6.92 Å². The van der Waals surface area contributed by atoms with Crippen LogP contribution in [0.1, 0.15) is 13.8 Å². The number of allylic oxidation sites excluding steroid dienone is 1. The van der Waals surface area contributed by atoms with E-state index in [0.717, 1.165) is 0 Å². The Morgan fingerprint density at radius 1 is 1.62 bits per heavy atom. The van der Waals surface area contributed by atoms with Crippen molar-refractivity contribution in [2.45, 2.75) is 13.8 Å². The fourth-order valence-corrected chi connectivity index (χ4v) is 0.248. The summed E-state index contributed by atoms with van der Waals surface area (Å²) in [6.07, 6.45) is 3.92. The van der Waals surface area contributed by atoms with E-state index in [9.17, 15) is 0 Å². The summed E-state index contributed by atoms with van der Waals surface area (Å²) in [5, 5.41) is 0. The van der Waals surface area contributed by atoms with Crippen LogP contribution < -0.4 is 18.9 Å². The second-order valence-electron chi connectivity index (χ2n) is 1.14. The molecule has 0 amide bonds. The van der Waals surface area contributed by atoms with Crippen molar-refractivity contribution < 1.29 is 23.6 Å². The molecule has 0 radical (unpaired) electrons. The van der Waals surface area contributed by atoms with Crippen LogP contribution >= 0.6 is 0 Å². The molecule has 0 N–H and O–H groups in total. The number of rotatable bonds is 3. The second-order valence-corrected chi connectivity index (χ2v) is 1.14. The van der Waals surface area contributed by atoms with Crippen LogP contribution in [0.3, 0.4) is 0 Å². The fraction of sp³-hybridized carbons (Fsp3) is 0.500. The molecule has 0 atom stereocenters. The summed E-state index contributed by atoms with van der Waals surface area (Å²) >= 11 is 0. The molecule has 0 aliphatic heterocycles. The Morgan fingerprint density at radius 3 is 2.62 bits per heavy atom. The van der Waals surface area contributed by atoms with Crippen molar-refractivity contribution in [2.24, 2.45) is 0 Å². The second kappa shape index (κ2) is 10.3. The van der Waals surface area contributed by atoms with Crippen LogP contribution in [0.15, 0.2) is 12.2 Å². The third-order valence-electron chi connectivity index (χ3n) is 0.595. The Labute approximate surface area is 63.3 Å². The van der Waals surface area contributed by atoms with E-state index in [4.69, 9.17) is 4.74 Å². The number of hydrogen-bond acceptors (Lipinski definition) is 1. The van der Waals surface area contributed by atoms with Gasteiger partial charge in [-0.3, -0.25) is 0 Å². The molecule has 0 aromatic heterocycles. The molecule has 0 bridgehead atoms. The van der Waals surface area contributed by atoms with E-state index in [1.807, 2.05) is 26.0 Å². The van der Waals surface area contributed by atoms with Crippen LogP contribution in [-0.4, -0.2) is 6.61 Å². The van der Waals surface area contributed by atoms with Gasteiger partial charge in [0.25, 0.3) is 0 Å². The SMILES string of the molecule is C/C=C/CO[CH-]C.[Li+]. The zero-order valence-corrected chi connectivity index (χ0v) is 5.85. The minimum absolute atomic E-state index is 0. The van der Waals surface area contributed by atoms with Crippen molar-refractivity contribution >= 4 is 0 Å². The van der Waals surface area contributed by atoms with Gasteiger partial charge in [0.15, 0.2) is 0 Å². The number of ether oxygens (including phenoxy) is 1. The topological polar surface area (TPSA) is 9.23 Å². The summed E-state index contributed by atoms with van der Waals surface area (Å²) in [7, 11) is 0. The van der Waals surface area contributed by atoms with Crippen LogP contribution in [-0.2, 0) is 4.74 Å². The Bertz CT molecular complexity index is 52.5. The molecule has 42 valence electrons. The fourth-order valence-electron chi connectivity index (χ4n) is 0.248. The normalized spacial score (nSPS) is 9.25. The molecule has 8 heavy (non-hydrogen) atoms. The van der Waals surface area contributed by atoms with E-state index in [-0.39, 0.29) is 18.9 Å². The molecule has 0 heterocycles. The zero-order chi connectivity index (χ0) is 5.54. The average Bonchev–Trinajstić information content (AvgIpc) is 1.69. The Morgan fingerprint density at radius 2 is 2.25 bits per heavy atom. The quantitative estimate of drug-likeness (QED) is 0.189. The van der Waals surface area contributed by atoms with Gasteiger partial charge in [-0.25, -0.2) is 6.61 Å². The molecule has 0 aromatic rings. The Hall–Kier alpha value is 0.297. The van der Waals surface area contributed by atoms with Gasteiger partial charge in [0.1, 0.15) is 0 Å². The predicted octanol–water partition coefficient (Wildman–Crippen LogP) is -1.24. The molecular weight excluding hydrogens is 95.0 g/mol. The van der Waals surface area contributed by atoms with Crippen molar-refractivity contribution in [3.63, 3.8) is 0 Å². The third kappa shape index (κ3) is 9.57. The van der Waals surface area contributed by atoms with Crippen molar-refractivity contribution in [1.82, 2.24) is 0 Å². The molecule has 2 heteroatoms. The monoisotopic (exact) mass is 106 g/mol. The van der Waals surface area contributed by atoms with Crippen molar-refractivity contribution in [3.8, 4) is 0 Å². The Balaban J connectivity index is 0. The molecule has 0 saturated heterocycles. The van der Waals surface area contributed by atoms with Gasteiger partial charge in [-0.1, -0.05) is 12.2 Å². The van der Waals surface area contributed by atoms with Crippen LogP contribution in [0, 0.1) is 6.61 Å². The van der Waals surface area contributed by atoms with Gasteiger partial charge in [0, 0.05) is 6.61 Å². The van der Waals surface area contributed by atoms with E-state index >= 15 is 0 Å². The van der Waals surface area contributed by atoms with Crippen LogP contribution in [0.5, 0.6) is 0 Å². The minimum Gasteiger partial charge on any atom is -0.549 e. The van der Waals surface area contributed by atoms with Gasteiger partial charge < -0.3 is 4.74 Å². The van der Waals surface area contributed by atoms with Crippen molar-refractivity contribution in [2.75, 3.05) is 6.61 Å². The first kappa shape index (κ1) is 11.1. The van der Waals surface area contributed by atoms with Crippen LogP contribution in [0.25, 0.3) is 0 Å². The summed E-state index contributed by atoms with van der Waals surface area (Å²) in [6.45, 7) is 6.22. The maximum atomic E-state index is 4.86. The maximum Gasteiger partial charge on any atom is 1.00 e. The maximum absolute atomic E-state index is 4.86. The van der Waals surface area contributed by atoms with Crippen molar-refractivity contribution in [1.29, 1.82) is 0 Å². The molecule has 0 fully saturated rings. The van der Waals surface area contributed by atoms with Gasteiger partial charge in [0.05, 0.1) is 0 Å². The van der Waals surface area contributed by atoms with E-state index in [2.05, 4.69) is 0 Å². The molecular formula is C6H11LiO. The smallest absolute Gasteiger partial charge is 0.549 e. The molecule has 0 rings (SSSR count). The molecule has 0 unspecified atom stereocenters. The predicted molar refractivity (Wildman–Crippen MR) is 30.7 cm³/mol. The minimum atomic E-state index is 0. The number of hydrogen-bond donors (Lipinski definition) is 0. The van der Waals surface area contributed by atoms with Crippen LogP contribution in [0.2, 0.25) is 0 Å². The molecule has 1 nitrogen and oxygen atoms in total. The van der Waals surface area contributed by atoms with Crippen LogP contribution in [0.4, 0.5) is 0 Å². The summed E-state index contributed by atoms with van der Waals surface area (Å²) in [5.41, 5.74) is 0. The van der Waals surface area contributed by atoms with Gasteiger partial charge in [0.2, 0.25) is 0 Å². The molecule has 0 aromatic carbocycles. The van der Waals surface area contributed by atoms with E-state index in [1.54, 1.807) is 6.61 Å². The van der Waals surface area contributed by atoms with Gasteiger partial charge in [-0.2, -0.15) is 6.92 Å². The molecule has 0 aliphatic carbocycles. The largest absolute Gasteiger partial charge is 1.00 e. The first-order chi connectivity index (χ1) is 3.41. The van der Waals surface area contributed by atoms with Crippen molar-refractivity contribution in [3.05, 3.63) is 18.8 Å². The standard InChI is InChI=1S/C6H11O.Li/c1-3-5-6-7-4-2;/h3-5H,6H2,1-2H3;/q-1;+1/b5-3+;. The first-order valence-corrected chi connectivity index (χ1v) is 2.42.